The van der Waals surface area contributed by atoms with Crippen LogP contribution < -0.4 is 5.32 Å². The fourth-order valence-electron chi connectivity index (χ4n) is 1.46. The predicted molar refractivity (Wildman–Crippen MR) is 62.9 cm³/mol. The Labute approximate surface area is 97.9 Å². The Kier molecular flexibility index (Phi) is 4.00. The lowest BCUT2D eigenvalue weighted by Gasteiger charge is -2.23. The van der Waals surface area contributed by atoms with Gasteiger partial charge in [0, 0.05) is 16.7 Å². The average Bonchev–Trinajstić information content (AvgIpc) is 2.30. The van der Waals surface area contributed by atoms with E-state index in [4.69, 9.17) is 9.47 Å². The van der Waals surface area contributed by atoms with Crippen LogP contribution in [0.15, 0.2) is 28.7 Å². The van der Waals surface area contributed by atoms with Gasteiger partial charge in [-0.3, -0.25) is 0 Å². The van der Waals surface area contributed by atoms with E-state index >= 15 is 0 Å². The standard InChI is InChI=1S/C11H14BrNO2/c12-9-1-3-10(4-2-9)13-7-11-5-6-14-8-15-11/h1-4,11,13H,5-8H2. The Morgan fingerprint density at radius 3 is 2.80 bits per heavy atom. The van der Waals surface area contributed by atoms with Crippen LogP contribution in [0.3, 0.4) is 0 Å². The average molecular weight is 272 g/mol. The zero-order valence-electron chi connectivity index (χ0n) is 8.41. The normalized spacial score (nSPS) is 21.3. The number of hydrogen-bond acceptors (Lipinski definition) is 3. The summed E-state index contributed by atoms with van der Waals surface area (Å²) in [4.78, 5) is 0. The lowest BCUT2D eigenvalue weighted by atomic mass is 10.2. The van der Waals surface area contributed by atoms with Crippen LogP contribution in [-0.4, -0.2) is 26.0 Å². The van der Waals surface area contributed by atoms with Crippen LogP contribution >= 0.6 is 15.9 Å². The smallest absolute Gasteiger partial charge is 0.147 e. The minimum Gasteiger partial charge on any atom is -0.382 e. The highest BCUT2D eigenvalue weighted by atomic mass is 79.9. The van der Waals surface area contributed by atoms with E-state index in [1.807, 2.05) is 24.3 Å². The first-order chi connectivity index (χ1) is 7.34. The summed E-state index contributed by atoms with van der Waals surface area (Å²) < 4.78 is 11.6. The van der Waals surface area contributed by atoms with Crippen LogP contribution in [0, 0.1) is 0 Å². The highest BCUT2D eigenvalue weighted by Crippen LogP contribution is 2.15. The van der Waals surface area contributed by atoms with Gasteiger partial charge in [0.2, 0.25) is 0 Å². The van der Waals surface area contributed by atoms with Crippen LogP contribution in [-0.2, 0) is 9.47 Å². The molecule has 2 rings (SSSR count). The SMILES string of the molecule is Brc1ccc(NCC2CCOCO2)cc1. The van der Waals surface area contributed by atoms with Crippen LogP contribution in [0.1, 0.15) is 6.42 Å². The number of anilines is 1. The third kappa shape index (κ3) is 3.48. The summed E-state index contributed by atoms with van der Waals surface area (Å²) in [6.07, 6.45) is 1.23. The first kappa shape index (κ1) is 10.9. The quantitative estimate of drug-likeness (QED) is 0.917. The van der Waals surface area contributed by atoms with E-state index in [0.29, 0.717) is 6.79 Å². The van der Waals surface area contributed by atoms with Gasteiger partial charge in [0.1, 0.15) is 6.79 Å². The van der Waals surface area contributed by atoms with Gasteiger partial charge in [-0.15, -0.1) is 0 Å². The Morgan fingerprint density at radius 2 is 2.13 bits per heavy atom. The molecule has 0 amide bonds. The number of hydrogen-bond donors (Lipinski definition) is 1. The molecule has 0 aromatic heterocycles. The van der Waals surface area contributed by atoms with Gasteiger partial charge in [0.25, 0.3) is 0 Å². The minimum atomic E-state index is 0.266. The number of benzene rings is 1. The molecule has 1 unspecified atom stereocenters. The van der Waals surface area contributed by atoms with Crippen LogP contribution in [0.4, 0.5) is 5.69 Å². The number of rotatable bonds is 3. The monoisotopic (exact) mass is 271 g/mol. The Hall–Kier alpha value is -0.580. The predicted octanol–water partition coefficient (Wildman–Crippen LogP) is 2.62. The molecule has 0 radical (unpaired) electrons. The molecule has 4 heteroatoms. The zero-order chi connectivity index (χ0) is 10.5. The van der Waals surface area contributed by atoms with Crippen LogP contribution in [0.25, 0.3) is 0 Å². The van der Waals surface area contributed by atoms with Crippen molar-refractivity contribution in [3.63, 3.8) is 0 Å². The van der Waals surface area contributed by atoms with E-state index in [-0.39, 0.29) is 6.10 Å². The molecule has 1 atom stereocenters. The lowest BCUT2D eigenvalue weighted by Crippen LogP contribution is -2.30. The third-order valence-corrected chi connectivity index (χ3v) is 2.88. The molecule has 1 saturated heterocycles. The van der Waals surface area contributed by atoms with Crippen molar-refractivity contribution in [1.29, 1.82) is 0 Å². The molecule has 0 aliphatic carbocycles. The summed E-state index contributed by atoms with van der Waals surface area (Å²) in [5, 5.41) is 3.34. The van der Waals surface area contributed by atoms with Crippen molar-refractivity contribution >= 4 is 21.6 Å². The lowest BCUT2D eigenvalue weighted by molar-refractivity contribution is -0.133. The molecule has 1 aliphatic heterocycles. The molecule has 0 bridgehead atoms. The molecular formula is C11H14BrNO2. The molecule has 1 aromatic carbocycles. The second-order valence-corrected chi connectivity index (χ2v) is 4.41. The summed E-state index contributed by atoms with van der Waals surface area (Å²) in [5.41, 5.74) is 1.12. The van der Waals surface area contributed by atoms with Crippen molar-refractivity contribution in [1.82, 2.24) is 0 Å². The van der Waals surface area contributed by atoms with E-state index in [2.05, 4.69) is 21.2 Å². The molecule has 0 spiro atoms. The Bertz CT molecular complexity index is 296. The van der Waals surface area contributed by atoms with Gasteiger partial charge >= 0.3 is 0 Å². The molecule has 1 fully saturated rings. The largest absolute Gasteiger partial charge is 0.382 e. The molecule has 0 saturated carbocycles. The molecule has 1 aliphatic rings. The number of nitrogens with one attached hydrogen (secondary N) is 1. The zero-order valence-corrected chi connectivity index (χ0v) is 10.00. The van der Waals surface area contributed by atoms with Crippen molar-refractivity contribution in [2.45, 2.75) is 12.5 Å². The van der Waals surface area contributed by atoms with Gasteiger partial charge in [-0.1, -0.05) is 15.9 Å². The van der Waals surface area contributed by atoms with E-state index in [0.717, 1.165) is 29.7 Å². The van der Waals surface area contributed by atoms with E-state index in [1.165, 1.54) is 0 Å². The van der Waals surface area contributed by atoms with Crippen LogP contribution in [0.2, 0.25) is 0 Å². The first-order valence-electron chi connectivity index (χ1n) is 5.03. The van der Waals surface area contributed by atoms with Crippen molar-refractivity contribution in [2.75, 3.05) is 25.3 Å². The van der Waals surface area contributed by atoms with Crippen molar-refractivity contribution in [3.8, 4) is 0 Å². The second kappa shape index (κ2) is 5.49. The molecule has 82 valence electrons. The summed E-state index contributed by atoms with van der Waals surface area (Å²) in [7, 11) is 0. The molecule has 1 aromatic rings. The summed E-state index contributed by atoms with van der Waals surface area (Å²) in [5.74, 6) is 0. The fraction of sp³-hybridized carbons (Fsp3) is 0.455. The maximum atomic E-state index is 5.43. The van der Waals surface area contributed by atoms with Gasteiger partial charge in [-0.2, -0.15) is 0 Å². The molecule has 15 heavy (non-hydrogen) atoms. The fourth-order valence-corrected chi connectivity index (χ4v) is 1.73. The van der Waals surface area contributed by atoms with Crippen molar-refractivity contribution < 1.29 is 9.47 Å². The molecule has 3 nitrogen and oxygen atoms in total. The Morgan fingerprint density at radius 1 is 1.33 bits per heavy atom. The topological polar surface area (TPSA) is 30.5 Å². The summed E-state index contributed by atoms with van der Waals surface area (Å²) >= 11 is 3.40. The summed E-state index contributed by atoms with van der Waals surface area (Å²) in [6, 6.07) is 8.13. The van der Waals surface area contributed by atoms with Crippen molar-refractivity contribution in [2.24, 2.45) is 0 Å². The van der Waals surface area contributed by atoms with Gasteiger partial charge in [-0.25, -0.2) is 0 Å². The molecule has 1 N–H and O–H groups in total. The van der Waals surface area contributed by atoms with Gasteiger partial charge in [-0.05, 0) is 30.7 Å². The minimum absolute atomic E-state index is 0.266. The van der Waals surface area contributed by atoms with Gasteiger partial charge in [0.05, 0.1) is 12.7 Å². The molecular weight excluding hydrogens is 258 g/mol. The summed E-state index contributed by atoms with van der Waals surface area (Å²) in [6.45, 7) is 2.06. The van der Waals surface area contributed by atoms with E-state index < -0.39 is 0 Å². The number of ether oxygens (including phenoxy) is 2. The van der Waals surface area contributed by atoms with Crippen LogP contribution in [0.5, 0.6) is 0 Å². The highest BCUT2D eigenvalue weighted by Gasteiger charge is 2.13. The second-order valence-electron chi connectivity index (χ2n) is 3.49. The van der Waals surface area contributed by atoms with Gasteiger partial charge < -0.3 is 14.8 Å². The number of halogens is 1. The Balaban J connectivity index is 1.79. The molecule has 1 heterocycles. The third-order valence-electron chi connectivity index (χ3n) is 2.35. The van der Waals surface area contributed by atoms with E-state index in [1.54, 1.807) is 0 Å². The van der Waals surface area contributed by atoms with E-state index in [9.17, 15) is 0 Å². The van der Waals surface area contributed by atoms with Gasteiger partial charge in [0.15, 0.2) is 0 Å². The highest BCUT2D eigenvalue weighted by molar-refractivity contribution is 9.10. The first-order valence-corrected chi connectivity index (χ1v) is 5.83. The maximum Gasteiger partial charge on any atom is 0.147 e. The maximum absolute atomic E-state index is 5.43. The van der Waals surface area contributed by atoms with Crippen molar-refractivity contribution in [3.05, 3.63) is 28.7 Å².